The summed E-state index contributed by atoms with van der Waals surface area (Å²) in [7, 11) is 2.20. The Morgan fingerprint density at radius 3 is 3.00 bits per heavy atom. The minimum absolute atomic E-state index is 0.472. The molecule has 1 fully saturated rings. The summed E-state index contributed by atoms with van der Waals surface area (Å²) in [5, 5.41) is 3.37. The van der Waals surface area contributed by atoms with Crippen LogP contribution >= 0.6 is 0 Å². The van der Waals surface area contributed by atoms with Crippen molar-refractivity contribution in [2.75, 3.05) is 20.2 Å². The van der Waals surface area contributed by atoms with E-state index in [1.54, 1.807) is 0 Å². The highest BCUT2D eigenvalue weighted by Crippen LogP contribution is 2.18. The number of rotatable bonds is 7. The number of hydrogen-bond acceptors (Lipinski definition) is 4. The molecule has 1 atom stereocenters. The standard InChI is InChI=1S/C16H27N3O/c1-13(2)17-12-14-6-4-8-16(18-14)20-11-9-15-7-5-10-19(15)3/h4,6,8,13,15,17H,5,7,9-12H2,1-3H3. The van der Waals surface area contributed by atoms with E-state index in [0.717, 1.165) is 31.1 Å². The number of likely N-dealkylation sites (tertiary alicyclic amines) is 1. The Morgan fingerprint density at radius 2 is 2.30 bits per heavy atom. The van der Waals surface area contributed by atoms with Gasteiger partial charge in [-0.1, -0.05) is 19.9 Å². The van der Waals surface area contributed by atoms with Gasteiger partial charge in [0.15, 0.2) is 0 Å². The molecule has 1 unspecified atom stereocenters. The average molecular weight is 277 g/mol. The second kappa shape index (κ2) is 7.60. The summed E-state index contributed by atoms with van der Waals surface area (Å²) in [6.07, 6.45) is 3.70. The zero-order valence-electron chi connectivity index (χ0n) is 12.9. The summed E-state index contributed by atoms with van der Waals surface area (Å²) in [5.41, 5.74) is 1.04. The number of hydrogen-bond donors (Lipinski definition) is 1. The first-order valence-electron chi connectivity index (χ1n) is 7.67. The lowest BCUT2D eigenvalue weighted by Crippen LogP contribution is -2.26. The van der Waals surface area contributed by atoms with Crippen molar-refractivity contribution in [2.24, 2.45) is 0 Å². The van der Waals surface area contributed by atoms with E-state index < -0.39 is 0 Å². The van der Waals surface area contributed by atoms with Crippen LogP contribution in [0.15, 0.2) is 18.2 Å². The van der Waals surface area contributed by atoms with Crippen LogP contribution in [0.3, 0.4) is 0 Å². The number of pyridine rings is 1. The molecule has 0 amide bonds. The topological polar surface area (TPSA) is 37.4 Å². The van der Waals surface area contributed by atoms with E-state index in [4.69, 9.17) is 4.74 Å². The molecule has 2 heterocycles. The molecule has 4 heteroatoms. The summed E-state index contributed by atoms with van der Waals surface area (Å²) in [4.78, 5) is 6.96. The Bertz CT molecular complexity index is 408. The molecule has 1 aromatic rings. The van der Waals surface area contributed by atoms with E-state index >= 15 is 0 Å². The Hall–Kier alpha value is -1.13. The molecule has 1 aliphatic heterocycles. The van der Waals surface area contributed by atoms with Gasteiger partial charge in [-0.05, 0) is 38.9 Å². The fraction of sp³-hybridized carbons (Fsp3) is 0.688. The van der Waals surface area contributed by atoms with Crippen molar-refractivity contribution in [3.63, 3.8) is 0 Å². The quantitative estimate of drug-likeness (QED) is 0.830. The normalized spacial score (nSPS) is 19.7. The van der Waals surface area contributed by atoms with Crippen LogP contribution in [-0.2, 0) is 6.54 Å². The first-order chi connectivity index (χ1) is 9.65. The molecule has 1 N–H and O–H groups in total. The molecule has 2 rings (SSSR count). The molecule has 0 aromatic carbocycles. The van der Waals surface area contributed by atoms with Gasteiger partial charge in [0.05, 0.1) is 12.3 Å². The molecular formula is C16H27N3O. The van der Waals surface area contributed by atoms with Crippen LogP contribution in [0.2, 0.25) is 0 Å². The molecule has 20 heavy (non-hydrogen) atoms. The van der Waals surface area contributed by atoms with E-state index in [1.165, 1.54) is 19.4 Å². The van der Waals surface area contributed by atoms with Crippen molar-refractivity contribution in [1.82, 2.24) is 15.2 Å². The fourth-order valence-electron chi connectivity index (χ4n) is 2.59. The highest BCUT2D eigenvalue weighted by atomic mass is 16.5. The predicted molar refractivity (Wildman–Crippen MR) is 82.0 cm³/mol. The van der Waals surface area contributed by atoms with E-state index in [-0.39, 0.29) is 0 Å². The largest absolute Gasteiger partial charge is 0.478 e. The minimum atomic E-state index is 0.472. The molecule has 1 aliphatic rings. The van der Waals surface area contributed by atoms with Crippen molar-refractivity contribution in [2.45, 2.75) is 51.7 Å². The summed E-state index contributed by atoms with van der Waals surface area (Å²) < 4.78 is 5.80. The maximum Gasteiger partial charge on any atom is 0.213 e. The predicted octanol–water partition coefficient (Wildman–Crippen LogP) is 2.44. The van der Waals surface area contributed by atoms with Gasteiger partial charge in [0.25, 0.3) is 0 Å². The summed E-state index contributed by atoms with van der Waals surface area (Å²) in [6.45, 7) is 7.04. The van der Waals surface area contributed by atoms with Crippen LogP contribution < -0.4 is 10.1 Å². The van der Waals surface area contributed by atoms with E-state index in [2.05, 4.69) is 36.1 Å². The van der Waals surface area contributed by atoms with Crippen molar-refractivity contribution in [3.8, 4) is 5.88 Å². The van der Waals surface area contributed by atoms with Crippen molar-refractivity contribution in [1.29, 1.82) is 0 Å². The average Bonchev–Trinajstić information content (AvgIpc) is 2.83. The van der Waals surface area contributed by atoms with Gasteiger partial charge < -0.3 is 15.0 Å². The first-order valence-corrected chi connectivity index (χ1v) is 7.67. The summed E-state index contributed by atoms with van der Waals surface area (Å²) >= 11 is 0. The van der Waals surface area contributed by atoms with Crippen molar-refractivity contribution in [3.05, 3.63) is 23.9 Å². The molecule has 112 valence electrons. The molecule has 1 aromatic heterocycles. The van der Waals surface area contributed by atoms with Gasteiger partial charge in [-0.3, -0.25) is 0 Å². The number of nitrogens with one attached hydrogen (secondary N) is 1. The van der Waals surface area contributed by atoms with Gasteiger partial charge >= 0.3 is 0 Å². The van der Waals surface area contributed by atoms with Gasteiger partial charge in [-0.2, -0.15) is 0 Å². The summed E-state index contributed by atoms with van der Waals surface area (Å²) in [5.74, 6) is 0.744. The van der Waals surface area contributed by atoms with Crippen LogP contribution in [0.5, 0.6) is 5.88 Å². The lowest BCUT2D eigenvalue weighted by molar-refractivity contribution is 0.228. The Kier molecular flexibility index (Phi) is 5.80. The molecule has 0 radical (unpaired) electrons. The lowest BCUT2D eigenvalue weighted by atomic mass is 10.1. The van der Waals surface area contributed by atoms with Gasteiger partial charge in [-0.25, -0.2) is 4.98 Å². The van der Waals surface area contributed by atoms with Gasteiger partial charge in [0.2, 0.25) is 5.88 Å². The third-order valence-corrected chi connectivity index (χ3v) is 3.85. The molecule has 0 aliphatic carbocycles. The zero-order valence-corrected chi connectivity index (χ0v) is 12.9. The Labute approximate surface area is 122 Å². The Balaban J connectivity index is 1.76. The number of aromatic nitrogens is 1. The number of nitrogens with zero attached hydrogens (tertiary/aromatic N) is 2. The zero-order chi connectivity index (χ0) is 14.4. The summed E-state index contributed by atoms with van der Waals surface area (Å²) in [6, 6.07) is 7.14. The van der Waals surface area contributed by atoms with Crippen LogP contribution in [-0.4, -0.2) is 42.2 Å². The van der Waals surface area contributed by atoms with Gasteiger partial charge in [-0.15, -0.1) is 0 Å². The van der Waals surface area contributed by atoms with E-state index in [1.807, 2.05) is 18.2 Å². The molecule has 0 saturated carbocycles. The maximum atomic E-state index is 5.80. The first kappa shape index (κ1) is 15.3. The second-order valence-electron chi connectivity index (χ2n) is 5.92. The Morgan fingerprint density at radius 1 is 1.45 bits per heavy atom. The number of ether oxygens (including phenoxy) is 1. The highest BCUT2D eigenvalue weighted by molar-refractivity contribution is 5.15. The van der Waals surface area contributed by atoms with Crippen molar-refractivity contribution >= 4 is 0 Å². The van der Waals surface area contributed by atoms with Gasteiger partial charge in [0.1, 0.15) is 0 Å². The molecule has 0 spiro atoms. The smallest absolute Gasteiger partial charge is 0.213 e. The third kappa shape index (κ3) is 4.76. The molecule has 1 saturated heterocycles. The molecule has 4 nitrogen and oxygen atoms in total. The van der Waals surface area contributed by atoms with E-state index in [0.29, 0.717) is 12.1 Å². The highest BCUT2D eigenvalue weighted by Gasteiger charge is 2.20. The molecular weight excluding hydrogens is 250 g/mol. The van der Waals surface area contributed by atoms with E-state index in [9.17, 15) is 0 Å². The SMILES string of the molecule is CC(C)NCc1cccc(OCCC2CCCN2C)n1. The van der Waals surface area contributed by atoms with Crippen LogP contribution in [0.4, 0.5) is 0 Å². The maximum absolute atomic E-state index is 5.80. The molecule has 0 bridgehead atoms. The minimum Gasteiger partial charge on any atom is -0.478 e. The van der Waals surface area contributed by atoms with Crippen molar-refractivity contribution < 1.29 is 4.74 Å². The van der Waals surface area contributed by atoms with Crippen LogP contribution in [0.25, 0.3) is 0 Å². The van der Waals surface area contributed by atoms with Gasteiger partial charge in [0, 0.05) is 24.7 Å². The van der Waals surface area contributed by atoms with Crippen LogP contribution in [0, 0.1) is 0 Å². The monoisotopic (exact) mass is 277 g/mol. The lowest BCUT2D eigenvalue weighted by Gasteiger charge is -2.19. The second-order valence-corrected chi connectivity index (χ2v) is 5.92. The van der Waals surface area contributed by atoms with Crippen LogP contribution in [0.1, 0.15) is 38.8 Å². The fourth-order valence-corrected chi connectivity index (χ4v) is 2.59. The third-order valence-electron chi connectivity index (χ3n) is 3.85.